The normalized spacial score (nSPS) is 28.2. The van der Waals surface area contributed by atoms with Gasteiger partial charge in [-0.2, -0.15) is 0 Å². The maximum atomic E-state index is 12.5. The van der Waals surface area contributed by atoms with Crippen molar-refractivity contribution >= 4 is 5.91 Å². The van der Waals surface area contributed by atoms with Crippen LogP contribution in [0.4, 0.5) is 0 Å². The average molecular weight is 352 g/mol. The smallest absolute Gasteiger partial charge is 0.223 e. The lowest BCUT2D eigenvalue weighted by atomic mass is 9.93. The zero-order valence-corrected chi connectivity index (χ0v) is 15.1. The van der Waals surface area contributed by atoms with E-state index in [1.165, 1.54) is 0 Å². The maximum Gasteiger partial charge on any atom is 0.223 e. The number of rotatable bonds is 4. The van der Waals surface area contributed by atoms with Crippen LogP contribution in [-0.4, -0.2) is 64.1 Å². The molecule has 3 rings (SSSR count). The first-order valence-electron chi connectivity index (χ1n) is 8.93. The molecule has 1 aromatic heterocycles. The van der Waals surface area contributed by atoms with Crippen LogP contribution >= 0.6 is 0 Å². The predicted molar refractivity (Wildman–Crippen MR) is 89.9 cm³/mol. The third kappa shape index (κ3) is 4.37. The van der Waals surface area contributed by atoms with E-state index in [0.29, 0.717) is 19.8 Å². The quantitative estimate of drug-likeness (QED) is 0.806. The molecule has 8 heteroatoms. The standard InChI is InChI=1S/C17H28N4O4/c1-17(2,3)14-9-21(20-19-14)8-13-15(12(22)10-25-13)18-16(23)11-4-6-24-7-5-11/h9,11-13,15,22H,4-8,10H2,1-3H3,(H,18,23)/t12-,13+,15+/m0/s1. The summed E-state index contributed by atoms with van der Waals surface area (Å²) in [5.74, 6) is -0.0853. The van der Waals surface area contributed by atoms with E-state index in [0.717, 1.165) is 18.5 Å². The van der Waals surface area contributed by atoms with Crippen molar-refractivity contribution in [3.63, 3.8) is 0 Å². The zero-order valence-electron chi connectivity index (χ0n) is 15.1. The zero-order chi connectivity index (χ0) is 18.0. The molecule has 140 valence electrons. The van der Waals surface area contributed by atoms with E-state index in [-0.39, 0.29) is 30.0 Å². The molecule has 2 aliphatic heterocycles. The molecule has 0 bridgehead atoms. The minimum atomic E-state index is -0.709. The Bertz CT molecular complexity index is 592. The molecule has 1 aromatic rings. The molecule has 2 aliphatic rings. The van der Waals surface area contributed by atoms with Gasteiger partial charge in [0.05, 0.1) is 31.0 Å². The average Bonchev–Trinajstić information content (AvgIpc) is 3.17. The lowest BCUT2D eigenvalue weighted by molar-refractivity contribution is -0.129. The highest BCUT2D eigenvalue weighted by atomic mass is 16.5. The summed E-state index contributed by atoms with van der Waals surface area (Å²) < 4.78 is 12.7. The van der Waals surface area contributed by atoms with Gasteiger partial charge in [0.2, 0.25) is 5.91 Å². The maximum absolute atomic E-state index is 12.5. The van der Waals surface area contributed by atoms with Gasteiger partial charge in [-0.05, 0) is 12.8 Å². The first-order chi connectivity index (χ1) is 11.8. The molecule has 0 aromatic carbocycles. The van der Waals surface area contributed by atoms with Crippen molar-refractivity contribution in [1.29, 1.82) is 0 Å². The molecule has 0 aliphatic carbocycles. The number of amides is 1. The Morgan fingerprint density at radius 1 is 1.40 bits per heavy atom. The molecular weight excluding hydrogens is 324 g/mol. The molecule has 3 heterocycles. The van der Waals surface area contributed by atoms with Crippen molar-refractivity contribution in [1.82, 2.24) is 20.3 Å². The molecule has 0 spiro atoms. The fourth-order valence-electron chi connectivity index (χ4n) is 3.19. The monoisotopic (exact) mass is 352 g/mol. The third-order valence-corrected chi connectivity index (χ3v) is 4.87. The van der Waals surface area contributed by atoms with Crippen LogP contribution in [0, 0.1) is 5.92 Å². The summed E-state index contributed by atoms with van der Waals surface area (Å²) in [4.78, 5) is 12.5. The van der Waals surface area contributed by atoms with E-state index in [4.69, 9.17) is 9.47 Å². The fraction of sp³-hybridized carbons (Fsp3) is 0.824. The molecular formula is C17H28N4O4. The summed E-state index contributed by atoms with van der Waals surface area (Å²) in [5.41, 5.74) is 0.819. The van der Waals surface area contributed by atoms with E-state index in [1.54, 1.807) is 4.68 Å². The van der Waals surface area contributed by atoms with E-state index in [2.05, 4.69) is 36.4 Å². The summed E-state index contributed by atoms with van der Waals surface area (Å²) in [6, 6.07) is -0.433. The molecule has 2 N–H and O–H groups in total. The minimum Gasteiger partial charge on any atom is -0.388 e. The highest BCUT2D eigenvalue weighted by Crippen LogP contribution is 2.22. The lowest BCUT2D eigenvalue weighted by Gasteiger charge is -2.26. The highest BCUT2D eigenvalue weighted by Gasteiger charge is 2.39. The third-order valence-electron chi connectivity index (χ3n) is 4.87. The molecule has 0 radical (unpaired) electrons. The molecule has 25 heavy (non-hydrogen) atoms. The van der Waals surface area contributed by atoms with E-state index >= 15 is 0 Å². The van der Waals surface area contributed by atoms with Crippen molar-refractivity contribution in [3.8, 4) is 0 Å². The van der Waals surface area contributed by atoms with Crippen LogP contribution < -0.4 is 5.32 Å². The number of nitrogens with one attached hydrogen (secondary N) is 1. The number of hydrogen-bond acceptors (Lipinski definition) is 6. The Balaban J connectivity index is 1.62. The van der Waals surface area contributed by atoms with Gasteiger partial charge < -0.3 is 19.9 Å². The minimum absolute atomic E-state index is 0.0307. The first kappa shape index (κ1) is 18.3. The lowest BCUT2D eigenvalue weighted by Crippen LogP contribution is -2.50. The fourth-order valence-corrected chi connectivity index (χ4v) is 3.19. The number of ether oxygens (including phenoxy) is 2. The Morgan fingerprint density at radius 2 is 2.12 bits per heavy atom. The van der Waals surface area contributed by atoms with Gasteiger partial charge in [0.25, 0.3) is 0 Å². The molecule has 2 saturated heterocycles. The topological polar surface area (TPSA) is 98.5 Å². The van der Waals surface area contributed by atoms with Crippen LogP contribution in [0.25, 0.3) is 0 Å². The second-order valence-electron chi connectivity index (χ2n) is 7.94. The SMILES string of the molecule is CC(C)(C)c1cn(C[C@H]2OC[C@H](O)[C@H]2NC(=O)C2CCOCC2)nn1. The van der Waals surface area contributed by atoms with Crippen LogP contribution in [0.15, 0.2) is 6.20 Å². The first-order valence-corrected chi connectivity index (χ1v) is 8.93. The number of carbonyl (C=O) groups excluding carboxylic acids is 1. The number of aromatic nitrogens is 3. The summed E-state index contributed by atoms with van der Waals surface area (Å²) in [7, 11) is 0. The molecule has 0 saturated carbocycles. The van der Waals surface area contributed by atoms with Crippen LogP contribution in [0.2, 0.25) is 0 Å². The largest absolute Gasteiger partial charge is 0.388 e. The second kappa shape index (κ2) is 7.39. The molecule has 0 unspecified atom stereocenters. The van der Waals surface area contributed by atoms with Gasteiger partial charge >= 0.3 is 0 Å². The van der Waals surface area contributed by atoms with Crippen molar-refractivity contribution in [2.45, 2.75) is 63.8 Å². The van der Waals surface area contributed by atoms with Crippen molar-refractivity contribution in [3.05, 3.63) is 11.9 Å². The number of hydrogen-bond donors (Lipinski definition) is 2. The number of aliphatic hydroxyl groups excluding tert-OH is 1. The molecule has 3 atom stereocenters. The Morgan fingerprint density at radius 3 is 2.76 bits per heavy atom. The number of nitrogens with zero attached hydrogens (tertiary/aromatic N) is 3. The number of aliphatic hydroxyl groups is 1. The Hall–Kier alpha value is -1.51. The van der Waals surface area contributed by atoms with Gasteiger partial charge in [-0.3, -0.25) is 4.79 Å². The second-order valence-corrected chi connectivity index (χ2v) is 7.94. The van der Waals surface area contributed by atoms with Crippen LogP contribution in [0.3, 0.4) is 0 Å². The Kier molecular flexibility index (Phi) is 5.41. The van der Waals surface area contributed by atoms with Gasteiger partial charge in [-0.1, -0.05) is 26.0 Å². The van der Waals surface area contributed by atoms with Gasteiger partial charge in [0.1, 0.15) is 6.10 Å². The van der Waals surface area contributed by atoms with Crippen LogP contribution in [0.1, 0.15) is 39.3 Å². The summed E-state index contributed by atoms with van der Waals surface area (Å²) in [6.07, 6.45) is 2.30. The van der Waals surface area contributed by atoms with E-state index in [9.17, 15) is 9.90 Å². The van der Waals surface area contributed by atoms with E-state index in [1.807, 2.05) is 6.20 Å². The molecule has 2 fully saturated rings. The van der Waals surface area contributed by atoms with Crippen molar-refractivity contribution in [2.24, 2.45) is 5.92 Å². The van der Waals surface area contributed by atoms with Gasteiger partial charge in [-0.25, -0.2) is 4.68 Å². The number of carbonyl (C=O) groups is 1. The van der Waals surface area contributed by atoms with Crippen molar-refractivity contribution < 1.29 is 19.4 Å². The summed E-state index contributed by atoms with van der Waals surface area (Å²) >= 11 is 0. The van der Waals surface area contributed by atoms with Gasteiger partial charge in [0, 0.05) is 30.7 Å². The Labute approximate surface area is 147 Å². The van der Waals surface area contributed by atoms with Crippen molar-refractivity contribution in [2.75, 3.05) is 19.8 Å². The summed E-state index contributed by atoms with van der Waals surface area (Å²) in [5, 5.41) is 21.5. The summed E-state index contributed by atoms with van der Waals surface area (Å²) in [6.45, 7) is 8.11. The van der Waals surface area contributed by atoms with Gasteiger partial charge in [-0.15, -0.1) is 5.10 Å². The molecule has 8 nitrogen and oxygen atoms in total. The predicted octanol–water partition coefficient (Wildman–Crippen LogP) is 0.247. The molecule has 1 amide bonds. The van der Waals surface area contributed by atoms with Crippen LogP contribution in [-0.2, 0) is 26.2 Å². The van der Waals surface area contributed by atoms with E-state index < -0.39 is 12.1 Å². The highest BCUT2D eigenvalue weighted by molar-refractivity contribution is 5.79. The van der Waals surface area contributed by atoms with Gasteiger partial charge in [0.15, 0.2) is 0 Å². The van der Waals surface area contributed by atoms with Crippen LogP contribution in [0.5, 0.6) is 0 Å².